The van der Waals surface area contributed by atoms with Crippen molar-refractivity contribution in [3.63, 3.8) is 0 Å². The van der Waals surface area contributed by atoms with Crippen molar-refractivity contribution in [1.82, 2.24) is 0 Å². The summed E-state index contributed by atoms with van der Waals surface area (Å²) in [6.07, 6.45) is 11.6. The van der Waals surface area contributed by atoms with Gasteiger partial charge >= 0.3 is 0 Å². The largest absolute Gasteiger partial charge is 0.303 e. The lowest BCUT2D eigenvalue weighted by molar-refractivity contribution is -0.109. The highest BCUT2D eigenvalue weighted by molar-refractivity contribution is 5.59. The highest BCUT2D eigenvalue weighted by Gasteiger charge is 2.33. The fraction of sp³-hybridized carbons (Fsp3) is 0.300. The van der Waals surface area contributed by atoms with Crippen LogP contribution >= 0.6 is 0 Å². The lowest BCUT2D eigenvalue weighted by Gasteiger charge is -1.78. The molecule has 58 valence electrons. The quantitative estimate of drug-likeness (QED) is 0.441. The van der Waals surface area contributed by atoms with E-state index in [2.05, 4.69) is 12.7 Å². The van der Waals surface area contributed by atoms with Crippen LogP contribution in [0.1, 0.15) is 6.42 Å². The Bertz CT molecular complexity index is 201. The fourth-order valence-corrected chi connectivity index (χ4v) is 0.963. The molecule has 1 fully saturated rings. The van der Waals surface area contributed by atoms with Gasteiger partial charge in [0.05, 0.1) is 0 Å². The van der Waals surface area contributed by atoms with Crippen LogP contribution in [-0.4, -0.2) is 6.29 Å². The van der Waals surface area contributed by atoms with Crippen molar-refractivity contribution < 1.29 is 4.79 Å². The summed E-state index contributed by atoms with van der Waals surface area (Å²) in [4.78, 5) is 10.2. The molecule has 0 aromatic rings. The predicted octanol–water partition coefficient (Wildman–Crippen LogP) is 2.12. The molecule has 0 saturated heterocycles. The van der Waals surface area contributed by atoms with Gasteiger partial charge in [0.2, 0.25) is 0 Å². The molecule has 0 heterocycles. The molecule has 0 spiro atoms. The van der Waals surface area contributed by atoms with Crippen LogP contribution in [-0.2, 0) is 4.79 Å². The molecule has 0 amide bonds. The second-order valence-corrected chi connectivity index (χ2v) is 2.70. The lowest BCUT2D eigenvalue weighted by atomic mass is 10.3. The molecule has 0 N–H and O–H groups in total. The predicted molar refractivity (Wildman–Crippen MR) is 46.1 cm³/mol. The van der Waals surface area contributed by atoms with E-state index in [1.807, 2.05) is 18.2 Å². The normalized spacial score (nSPS) is 29.5. The van der Waals surface area contributed by atoms with Gasteiger partial charge in [-0.25, -0.2) is 0 Å². The summed E-state index contributed by atoms with van der Waals surface area (Å²) < 4.78 is 0. The van der Waals surface area contributed by atoms with Crippen LogP contribution in [0.3, 0.4) is 0 Å². The summed E-state index contributed by atoms with van der Waals surface area (Å²) in [5.41, 5.74) is 0. The van der Waals surface area contributed by atoms with Crippen LogP contribution in [0.4, 0.5) is 0 Å². The van der Waals surface area contributed by atoms with Crippen molar-refractivity contribution in [3.8, 4) is 0 Å². The van der Waals surface area contributed by atoms with E-state index in [4.69, 9.17) is 0 Å². The Morgan fingerprint density at radius 2 is 2.00 bits per heavy atom. The second kappa shape index (κ2) is 3.91. The molecule has 0 radical (unpaired) electrons. The topological polar surface area (TPSA) is 17.1 Å². The number of hydrogen-bond donors (Lipinski definition) is 0. The summed E-state index contributed by atoms with van der Waals surface area (Å²) in [7, 11) is 0. The van der Waals surface area contributed by atoms with E-state index in [0.717, 1.165) is 12.7 Å². The number of allylic oxidation sites excluding steroid dienone is 5. The first kappa shape index (κ1) is 7.99. The molecule has 1 rings (SSSR count). The van der Waals surface area contributed by atoms with Crippen molar-refractivity contribution in [2.45, 2.75) is 6.42 Å². The summed E-state index contributed by atoms with van der Waals surface area (Å²) in [5, 5.41) is 0. The van der Waals surface area contributed by atoms with Crippen LogP contribution in [0, 0.1) is 11.8 Å². The minimum absolute atomic E-state index is 0.295. The average Bonchev–Trinajstić information content (AvgIpc) is 2.77. The van der Waals surface area contributed by atoms with Crippen LogP contribution in [0.15, 0.2) is 37.0 Å². The van der Waals surface area contributed by atoms with Crippen molar-refractivity contribution in [3.05, 3.63) is 37.0 Å². The molecule has 2 atom stereocenters. The van der Waals surface area contributed by atoms with Gasteiger partial charge in [0.15, 0.2) is 0 Å². The maximum absolute atomic E-state index is 10.2. The van der Waals surface area contributed by atoms with E-state index >= 15 is 0 Å². The molecular weight excluding hydrogens is 136 g/mol. The molecule has 0 aromatic heterocycles. The summed E-state index contributed by atoms with van der Waals surface area (Å²) >= 11 is 0. The minimum Gasteiger partial charge on any atom is -0.303 e. The van der Waals surface area contributed by atoms with Gasteiger partial charge in [-0.15, -0.1) is 0 Å². The Balaban J connectivity index is 2.21. The Morgan fingerprint density at radius 1 is 1.18 bits per heavy atom. The van der Waals surface area contributed by atoms with Crippen LogP contribution in [0.2, 0.25) is 0 Å². The number of rotatable bonds is 4. The Labute approximate surface area is 67.1 Å². The standard InChI is InChI=1S/C10H12O/c1-2-3-4-5-6-9-7-10(9)8-11/h2-6,8-10H,1,7H2/b4-3+,6-5+. The SMILES string of the molecule is C=C/C=C/C=C/C1CC1C=O. The molecule has 2 unspecified atom stereocenters. The van der Waals surface area contributed by atoms with Gasteiger partial charge in [0.1, 0.15) is 6.29 Å². The monoisotopic (exact) mass is 148 g/mol. The molecule has 11 heavy (non-hydrogen) atoms. The maximum atomic E-state index is 10.2. The molecule has 0 bridgehead atoms. The van der Waals surface area contributed by atoms with E-state index in [1.165, 1.54) is 0 Å². The van der Waals surface area contributed by atoms with Crippen LogP contribution < -0.4 is 0 Å². The zero-order chi connectivity index (χ0) is 8.10. The molecular formula is C10H12O. The molecule has 1 heteroatoms. The Morgan fingerprint density at radius 3 is 2.55 bits per heavy atom. The molecule has 1 nitrogen and oxygen atoms in total. The maximum Gasteiger partial charge on any atom is 0.123 e. The highest BCUT2D eigenvalue weighted by atomic mass is 16.1. The van der Waals surface area contributed by atoms with E-state index in [9.17, 15) is 4.79 Å². The molecule has 1 saturated carbocycles. The van der Waals surface area contributed by atoms with Crippen molar-refractivity contribution >= 4 is 6.29 Å². The van der Waals surface area contributed by atoms with Gasteiger partial charge in [-0.3, -0.25) is 0 Å². The molecule has 0 aliphatic heterocycles. The smallest absolute Gasteiger partial charge is 0.123 e. The van der Waals surface area contributed by atoms with Gasteiger partial charge < -0.3 is 4.79 Å². The third-order valence-electron chi connectivity index (χ3n) is 1.78. The Hall–Kier alpha value is -1.11. The third-order valence-corrected chi connectivity index (χ3v) is 1.78. The van der Waals surface area contributed by atoms with Crippen molar-refractivity contribution in [2.75, 3.05) is 0 Å². The van der Waals surface area contributed by atoms with Gasteiger partial charge in [-0.2, -0.15) is 0 Å². The Kier molecular flexibility index (Phi) is 2.84. The fourth-order valence-electron chi connectivity index (χ4n) is 0.963. The number of aldehydes is 1. The molecule has 1 aliphatic rings. The van der Waals surface area contributed by atoms with Crippen molar-refractivity contribution in [2.24, 2.45) is 11.8 Å². The van der Waals surface area contributed by atoms with E-state index < -0.39 is 0 Å². The first-order valence-electron chi connectivity index (χ1n) is 3.79. The number of carbonyl (C=O) groups is 1. The summed E-state index contributed by atoms with van der Waals surface area (Å²) in [6, 6.07) is 0. The van der Waals surface area contributed by atoms with Gasteiger partial charge in [-0.05, 0) is 12.3 Å². The van der Waals surface area contributed by atoms with Gasteiger partial charge in [0, 0.05) is 5.92 Å². The van der Waals surface area contributed by atoms with Crippen molar-refractivity contribution in [1.29, 1.82) is 0 Å². The average molecular weight is 148 g/mol. The number of carbonyl (C=O) groups excluding carboxylic acids is 1. The van der Waals surface area contributed by atoms with Gasteiger partial charge in [-0.1, -0.05) is 37.0 Å². The van der Waals surface area contributed by atoms with Gasteiger partial charge in [0.25, 0.3) is 0 Å². The minimum atomic E-state index is 0.295. The van der Waals surface area contributed by atoms with Crippen LogP contribution in [0.25, 0.3) is 0 Å². The van der Waals surface area contributed by atoms with E-state index in [0.29, 0.717) is 11.8 Å². The zero-order valence-corrected chi connectivity index (χ0v) is 6.44. The molecule has 0 aromatic carbocycles. The summed E-state index contributed by atoms with van der Waals surface area (Å²) in [6.45, 7) is 3.55. The van der Waals surface area contributed by atoms with E-state index in [-0.39, 0.29) is 0 Å². The van der Waals surface area contributed by atoms with Crippen LogP contribution in [0.5, 0.6) is 0 Å². The highest BCUT2D eigenvalue weighted by Crippen LogP contribution is 2.37. The molecule has 1 aliphatic carbocycles. The lowest BCUT2D eigenvalue weighted by Crippen LogP contribution is -1.76. The second-order valence-electron chi connectivity index (χ2n) is 2.70. The third kappa shape index (κ3) is 2.54. The summed E-state index contributed by atoms with van der Waals surface area (Å²) in [5.74, 6) is 0.797. The zero-order valence-electron chi connectivity index (χ0n) is 6.44. The number of hydrogen-bond acceptors (Lipinski definition) is 1. The first-order valence-corrected chi connectivity index (χ1v) is 3.79. The first-order chi connectivity index (χ1) is 5.38. The van der Waals surface area contributed by atoms with E-state index in [1.54, 1.807) is 6.08 Å².